The number of aliphatic hydroxyl groups excluding tert-OH is 2. The summed E-state index contributed by atoms with van der Waals surface area (Å²) in [5.41, 5.74) is 2.82. The number of carbonyl (C=O) groups is 3. The van der Waals surface area contributed by atoms with Crippen LogP contribution in [0.15, 0.2) is 34.8 Å². The van der Waals surface area contributed by atoms with E-state index in [0.29, 0.717) is 17.5 Å². The van der Waals surface area contributed by atoms with Crippen LogP contribution >= 0.6 is 0 Å². The number of nitrogens with two attached hydrogens (primary N) is 1. The van der Waals surface area contributed by atoms with Crippen LogP contribution in [-0.4, -0.2) is 68.5 Å². The molecule has 0 radical (unpaired) electrons. The minimum absolute atomic E-state index is 0.0285. The van der Waals surface area contributed by atoms with Crippen LogP contribution in [0.25, 0.3) is 0 Å². The van der Waals surface area contributed by atoms with Gasteiger partial charge in [-0.05, 0) is 50.9 Å². The molecule has 4 rings (SSSR count). The predicted molar refractivity (Wildman–Crippen MR) is 108 cm³/mol. The Kier molecular flexibility index (Phi) is 4.53. The van der Waals surface area contributed by atoms with Gasteiger partial charge < -0.3 is 26.2 Å². The molecule has 0 heterocycles. The number of aliphatic hydroxyl groups is 3. The van der Waals surface area contributed by atoms with Crippen molar-refractivity contribution in [3.8, 4) is 5.75 Å². The number of hydrogen-bond donors (Lipinski definition) is 5. The molecule has 0 unspecified atom stereocenters. The van der Waals surface area contributed by atoms with Gasteiger partial charge in [-0.1, -0.05) is 12.1 Å². The number of Topliss-reactive ketones (excluding diaryl/α,β-unsaturated/α-hetero) is 2. The normalized spacial score (nSPS) is 30.3. The van der Waals surface area contributed by atoms with E-state index in [0.717, 1.165) is 0 Å². The van der Waals surface area contributed by atoms with Crippen LogP contribution in [-0.2, 0) is 16.0 Å². The summed E-state index contributed by atoms with van der Waals surface area (Å²) in [6.07, 6.45) is 0.378. The van der Waals surface area contributed by atoms with Gasteiger partial charge >= 0.3 is 0 Å². The molecule has 3 aliphatic carbocycles. The number of aryl methyl sites for hydroxylation is 1. The molecule has 1 aromatic rings. The van der Waals surface area contributed by atoms with E-state index in [-0.39, 0.29) is 23.3 Å². The van der Waals surface area contributed by atoms with Crippen molar-refractivity contribution in [1.82, 2.24) is 4.90 Å². The highest BCUT2D eigenvalue weighted by molar-refractivity contribution is 6.24. The number of carbonyl (C=O) groups excluding carboxylic acids is 3. The first-order valence-corrected chi connectivity index (χ1v) is 9.89. The van der Waals surface area contributed by atoms with Gasteiger partial charge in [-0.3, -0.25) is 19.3 Å². The number of allylic oxidation sites excluding steroid dienone is 1. The molecule has 31 heavy (non-hydrogen) atoms. The molecule has 0 spiro atoms. The first-order chi connectivity index (χ1) is 14.4. The number of aromatic hydroxyl groups is 1. The predicted octanol–water partition coefficient (Wildman–Crippen LogP) is 0.429. The minimum atomic E-state index is -2.61. The second-order valence-corrected chi connectivity index (χ2v) is 8.73. The van der Waals surface area contributed by atoms with E-state index in [9.17, 15) is 34.8 Å². The van der Waals surface area contributed by atoms with Gasteiger partial charge in [0.1, 0.15) is 22.8 Å². The summed E-state index contributed by atoms with van der Waals surface area (Å²) >= 11 is 0. The number of benzene rings is 1. The standard InChI is InChI=1S/C22H24N2O7/c1-8-4-5-9-6-10-7-11-15(24(2)3)18(27)14(21(23)30)20(29)22(11,31)19(28)13(10)17(26)12(9)16(8)25/h4-5,10-11,15,25,27-28,31H,6-7H2,1-3H3,(H2,23,30)/t10-,11-,15-,22-/m0/s1. The number of hydrogen-bond acceptors (Lipinski definition) is 8. The molecule has 1 amide bonds. The molecule has 9 nitrogen and oxygen atoms in total. The molecule has 0 saturated carbocycles. The zero-order valence-corrected chi connectivity index (χ0v) is 17.3. The lowest BCUT2D eigenvalue weighted by Gasteiger charge is -2.50. The van der Waals surface area contributed by atoms with Gasteiger partial charge in [0.05, 0.1) is 11.6 Å². The van der Waals surface area contributed by atoms with E-state index in [4.69, 9.17) is 5.73 Å². The quantitative estimate of drug-likeness (QED) is 0.424. The van der Waals surface area contributed by atoms with Crippen LogP contribution in [0.1, 0.15) is 27.9 Å². The number of nitrogens with zero attached hydrogens (tertiary/aromatic N) is 1. The number of fused-ring (bicyclic) bond motifs is 3. The Morgan fingerprint density at radius 1 is 1.19 bits per heavy atom. The highest BCUT2D eigenvalue weighted by atomic mass is 16.3. The summed E-state index contributed by atoms with van der Waals surface area (Å²) in [5, 5.41) is 43.7. The zero-order valence-electron chi connectivity index (χ0n) is 17.3. The fraction of sp³-hybridized carbons (Fsp3) is 0.409. The zero-order chi connectivity index (χ0) is 23.0. The SMILES string of the molecule is Cc1ccc2c(c1O)C(=O)C1=C(O)[C@]3(O)C(=O)C(C(N)=O)=C(O)[C@@H](N(C)C)[C@@H]3C[C@@H]1C2. The van der Waals surface area contributed by atoms with E-state index in [1.165, 1.54) is 4.90 Å². The largest absolute Gasteiger partial charge is 0.510 e. The van der Waals surface area contributed by atoms with E-state index in [1.54, 1.807) is 33.2 Å². The van der Waals surface area contributed by atoms with Crippen LogP contribution in [0.5, 0.6) is 5.75 Å². The lowest BCUT2D eigenvalue weighted by atomic mass is 9.58. The molecule has 0 aromatic heterocycles. The lowest BCUT2D eigenvalue weighted by molar-refractivity contribution is -0.148. The van der Waals surface area contributed by atoms with Crippen molar-refractivity contribution >= 4 is 17.5 Å². The fourth-order valence-electron chi connectivity index (χ4n) is 5.33. The van der Waals surface area contributed by atoms with Gasteiger partial charge in [-0.25, -0.2) is 0 Å². The molecule has 0 saturated heterocycles. The topological polar surface area (TPSA) is 161 Å². The molecule has 9 heteroatoms. The number of likely N-dealkylation sites (N-methyl/N-ethyl adjacent to an activating group) is 1. The van der Waals surface area contributed by atoms with Crippen molar-refractivity contribution < 1.29 is 34.8 Å². The minimum Gasteiger partial charge on any atom is -0.510 e. The highest BCUT2D eigenvalue weighted by Gasteiger charge is 2.63. The Labute approximate surface area is 178 Å². The van der Waals surface area contributed by atoms with Crippen LogP contribution in [0.4, 0.5) is 0 Å². The average Bonchev–Trinajstić information content (AvgIpc) is 2.67. The molecule has 4 atom stereocenters. The van der Waals surface area contributed by atoms with Gasteiger partial charge in [0.25, 0.3) is 5.91 Å². The average molecular weight is 428 g/mol. The number of rotatable bonds is 2. The summed E-state index contributed by atoms with van der Waals surface area (Å²) in [6, 6.07) is 2.43. The maximum Gasteiger partial charge on any atom is 0.255 e. The van der Waals surface area contributed by atoms with Gasteiger partial charge in [0, 0.05) is 11.5 Å². The third-order valence-electron chi connectivity index (χ3n) is 6.80. The monoisotopic (exact) mass is 428 g/mol. The van der Waals surface area contributed by atoms with Crippen molar-refractivity contribution in [2.24, 2.45) is 17.6 Å². The van der Waals surface area contributed by atoms with Crippen LogP contribution in [0, 0.1) is 18.8 Å². The molecule has 1 aromatic carbocycles. The van der Waals surface area contributed by atoms with Crippen molar-refractivity contribution in [3.05, 3.63) is 51.5 Å². The van der Waals surface area contributed by atoms with Crippen LogP contribution < -0.4 is 5.73 Å². The number of phenols is 1. The summed E-state index contributed by atoms with van der Waals surface area (Å²) in [4.78, 5) is 39.8. The van der Waals surface area contributed by atoms with Crippen molar-refractivity contribution in [2.45, 2.75) is 31.4 Å². The summed E-state index contributed by atoms with van der Waals surface area (Å²) < 4.78 is 0. The molecule has 0 aliphatic heterocycles. The van der Waals surface area contributed by atoms with E-state index in [1.807, 2.05) is 0 Å². The van der Waals surface area contributed by atoms with E-state index in [2.05, 4.69) is 0 Å². The van der Waals surface area contributed by atoms with Crippen molar-refractivity contribution in [3.63, 3.8) is 0 Å². The van der Waals surface area contributed by atoms with Gasteiger partial charge in [0.2, 0.25) is 5.78 Å². The fourth-order valence-corrected chi connectivity index (χ4v) is 5.33. The summed E-state index contributed by atoms with van der Waals surface area (Å²) in [6.45, 7) is 1.63. The summed E-state index contributed by atoms with van der Waals surface area (Å²) in [5.74, 6) is -6.37. The molecule has 6 N–H and O–H groups in total. The first kappa shape index (κ1) is 21.1. The van der Waals surface area contributed by atoms with Crippen molar-refractivity contribution in [1.29, 1.82) is 0 Å². The number of phenolic OH excluding ortho intramolecular Hbond substituents is 1. The second-order valence-electron chi connectivity index (χ2n) is 8.73. The maximum atomic E-state index is 13.3. The summed E-state index contributed by atoms with van der Waals surface area (Å²) in [7, 11) is 3.18. The molecular weight excluding hydrogens is 404 g/mol. The Balaban J connectivity index is 1.97. The Hall–Kier alpha value is -3.17. The smallest absolute Gasteiger partial charge is 0.255 e. The third kappa shape index (κ3) is 2.60. The maximum absolute atomic E-state index is 13.3. The lowest BCUT2D eigenvalue weighted by Crippen LogP contribution is -2.63. The highest BCUT2D eigenvalue weighted by Crippen LogP contribution is 2.52. The van der Waals surface area contributed by atoms with Gasteiger partial charge in [-0.2, -0.15) is 0 Å². The molecule has 3 aliphatic rings. The number of primary amides is 1. The van der Waals surface area contributed by atoms with E-state index >= 15 is 0 Å². The van der Waals surface area contributed by atoms with E-state index < -0.39 is 58.0 Å². The van der Waals surface area contributed by atoms with Crippen LogP contribution in [0.2, 0.25) is 0 Å². The molecule has 164 valence electrons. The van der Waals surface area contributed by atoms with Crippen molar-refractivity contribution in [2.75, 3.05) is 14.1 Å². The Morgan fingerprint density at radius 3 is 2.42 bits per heavy atom. The van der Waals surface area contributed by atoms with Crippen LogP contribution in [0.3, 0.4) is 0 Å². The first-order valence-electron chi connectivity index (χ1n) is 9.89. The number of amides is 1. The number of ketones is 2. The Morgan fingerprint density at radius 2 is 1.84 bits per heavy atom. The Bertz CT molecular complexity index is 1120. The van der Waals surface area contributed by atoms with Gasteiger partial charge in [0.15, 0.2) is 11.4 Å². The molecule has 0 fully saturated rings. The van der Waals surface area contributed by atoms with Gasteiger partial charge in [-0.15, -0.1) is 0 Å². The molecule has 0 bridgehead atoms. The molecular formula is C22H24N2O7. The third-order valence-corrected chi connectivity index (χ3v) is 6.80. The second kappa shape index (κ2) is 6.66.